The number of hydrogen-bond donors (Lipinski definition) is 2. The van der Waals surface area contributed by atoms with Crippen LogP contribution in [-0.4, -0.2) is 17.2 Å². The van der Waals surface area contributed by atoms with E-state index in [-0.39, 0.29) is 47.9 Å². The molecule has 0 unspecified atom stereocenters. The number of nitro benzene ring substituents is 1. The van der Waals surface area contributed by atoms with Gasteiger partial charge in [0, 0.05) is 17.8 Å². The molecule has 0 saturated carbocycles. The molecule has 0 spiro atoms. The van der Waals surface area contributed by atoms with E-state index in [0.717, 1.165) is 12.1 Å². The molecule has 0 aliphatic heterocycles. The van der Waals surface area contributed by atoms with Crippen molar-refractivity contribution < 1.29 is 22.8 Å². The minimum Gasteiger partial charge on any atom is -0.406 e. The van der Waals surface area contributed by atoms with Crippen molar-refractivity contribution in [2.75, 3.05) is 5.32 Å². The van der Waals surface area contributed by atoms with Crippen LogP contribution in [0.25, 0.3) is 0 Å². The van der Waals surface area contributed by atoms with E-state index in [9.17, 15) is 23.3 Å². The highest BCUT2D eigenvalue weighted by Crippen LogP contribution is 2.23. The molecular formula is C15H14F3IN4O3. The van der Waals surface area contributed by atoms with E-state index < -0.39 is 11.3 Å². The van der Waals surface area contributed by atoms with E-state index in [1.165, 1.54) is 24.3 Å². The van der Waals surface area contributed by atoms with Crippen LogP contribution in [0.1, 0.15) is 5.56 Å². The summed E-state index contributed by atoms with van der Waals surface area (Å²) >= 11 is 0. The molecule has 0 heterocycles. The fourth-order valence-corrected chi connectivity index (χ4v) is 1.83. The number of anilines is 1. The molecule has 0 aliphatic rings. The van der Waals surface area contributed by atoms with Gasteiger partial charge in [0.05, 0.1) is 11.5 Å². The van der Waals surface area contributed by atoms with Gasteiger partial charge in [-0.1, -0.05) is 12.1 Å². The number of nitrogens with zero attached hydrogens (tertiary/aromatic N) is 2. The zero-order valence-corrected chi connectivity index (χ0v) is 15.4. The number of halogens is 4. The van der Waals surface area contributed by atoms with E-state index in [1.807, 2.05) is 0 Å². The summed E-state index contributed by atoms with van der Waals surface area (Å²) < 4.78 is 40.0. The number of aliphatic imine (C=N–C) groups is 1. The van der Waals surface area contributed by atoms with Gasteiger partial charge >= 0.3 is 6.36 Å². The van der Waals surface area contributed by atoms with Crippen LogP contribution in [-0.2, 0) is 6.54 Å². The second kappa shape index (κ2) is 9.22. The average Bonchev–Trinajstić information content (AvgIpc) is 2.54. The molecule has 0 bridgehead atoms. The number of rotatable bonds is 5. The third-order valence-corrected chi connectivity index (χ3v) is 2.94. The second-order valence-corrected chi connectivity index (χ2v) is 4.82. The maximum absolute atomic E-state index is 12.1. The molecule has 11 heteroatoms. The highest BCUT2D eigenvalue weighted by atomic mass is 127. The maximum atomic E-state index is 12.1. The van der Waals surface area contributed by atoms with Crippen LogP contribution in [0.2, 0.25) is 0 Å². The number of alkyl halides is 3. The zero-order valence-electron chi connectivity index (χ0n) is 13.1. The molecule has 26 heavy (non-hydrogen) atoms. The minimum absolute atomic E-state index is 0. The van der Waals surface area contributed by atoms with Crippen LogP contribution in [0.15, 0.2) is 53.5 Å². The molecule has 2 aromatic carbocycles. The van der Waals surface area contributed by atoms with Crippen molar-refractivity contribution >= 4 is 41.3 Å². The molecule has 0 atom stereocenters. The number of nitrogens with one attached hydrogen (secondary N) is 1. The summed E-state index contributed by atoms with van der Waals surface area (Å²) in [5.41, 5.74) is 6.81. The Morgan fingerprint density at radius 2 is 1.73 bits per heavy atom. The van der Waals surface area contributed by atoms with Gasteiger partial charge in [-0.25, -0.2) is 4.99 Å². The lowest BCUT2D eigenvalue weighted by Crippen LogP contribution is -2.22. The van der Waals surface area contributed by atoms with Gasteiger partial charge in [-0.2, -0.15) is 0 Å². The molecule has 0 aliphatic carbocycles. The molecule has 3 N–H and O–H groups in total. The lowest BCUT2D eigenvalue weighted by atomic mass is 10.2. The van der Waals surface area contributed by atoms with Crippen molar-refractivity contribution in [2.45, 2.75) is 12.9 Å². The second-order valence-electron chi connectivity index (χ2n) is 4.82. The smallest absolute Gasteiger partial charge is 0.406 e. The first-order chi connectivity index (χ1) is 11.7. The molecule has 0 aromatic heterocycles. The molecule has 0 amide bonds. The quantitative estimate of drug-likeness (QED) is 0.220. The minimum atomic E-state index is -4.75. The molecular weight excluding hydrogens is 468 g/mol. The zero-order chi connectivity index (χ0) is 18.4. The van der Waals surface area contributed by atoms with E-state index in [2.05, 4.69) is 15.0 Å². The molecule has 7 nitrogen and oxygen atoms in total. The van der Waals surface area contributed by atoms with Crippen LogP contribution >= 0.6 is 24.0 Å². The van der Waals surface area contributed by atoms with Gasteiger partial charge in [0.1, 0.15) is 5.75 Å². The van der Waals surface area contributed by atoms with Gasteiger partial charge in [0.25, 0.3) is 5.69 Å². The Kier molecular flexibility index (Phi) is 7.61. The van der Waals surface area contributed by atoms with Crippen LogP contribution in [0.4, 0.5) is 24.5 Å². The Balaban J connectivity index is 0.00000338. The predicted molar refractivity (Wildman–Crippen MR) is 101 cm³/mol. The predicted octanol–water partition coefficient (Wildman–Crippen LogP) is 4.04. The van der Waals surface area contributed by atoms with Crippen LogP contribution in [0.5, 0.6) is 5.75 Å². The summed E-state index contributed by atoms with van der Waals surface area (Å²) in [6.45, 7) is 0.187. The van der Waals surface area contributed by atoms with Crippen molar-refractivity contribution in [3.8, 4) is 5.75 Å². The van der Waals surface area contributed by atoms with Crippen LogP contribution < -0.4 is 15.8 Å². The standard InChI is InChI=1S/C15H13F3N4O3.HI/c16-15(17,18)25-13-7-3-11(4-8-13)21-14(19)20-9-10-1-5-12(6-2-10)22(23)24;/h1-8H,9H2,(H3,19,20,21);1H. The fraction of sp³-hybridized carbons (Fsp3) is 0.133. The summed E-state index contributed by atoms with van der Waals surface area (Å²) in [6, 6.07) is 10.8. The van der Waals surface area contributed by atoms with Gasteiger partial charge in [0.15, 0.2) is 5.96 Å². The summed E-state index contributed by atoms with van der Waals surface area (Å²) in [7, 11) is 0. The summed E-state index contributed by atoms with van der Waals surface area (Å²) in [5, 5.41) is 13.3. The van der Waals surface area contributed by atoms with Crippen molar-refractivity contribution in [1.82, 2.24) is 0 Å². The Bertz CT molecular complexity index is 765. The number of nitro groups is 1. The Morgan fingerprint density at radius 1 is 1.15 bits per heavy atom. The summed E-state index contributed by atoms with van der Waals surface area (Å²) in [4.78, 5) is 14.1. The number of guanidine groups is 1. The van der Waals surface area contributed by atoms with Crippen molar-refractivity contribution in [2.24, 2.45) is 10.7 Å². The summed E-state index contributed by atoms with van der Waals surface area (Å²) in [6.07, 6.45) is -4.75. The first-order valence-corrected chi connectivity index (χ1v) is 6.89. The first-order valence-electron chi connectivity index (χ1n) is 6.89. The van der Waals surface area contributed by atoms with Gasteiger partial charge in [-0.15, -0.1) is 37.1 Å². The molecule has 0 radical (unpaired) electrons. The van der Waals surface area contributed by atoms with E-state index in [4.69, 9.17) is 5.73 Å². The molecule has 140 valence electrons. The van der Waals surface area contributed by atoms with Crippen molar-refractivity contribution in [3.05, 3.63) is 64.2 Å². The molecule has 2 rings (SSSR count). The van der Waals surface area contributed by atoms with Gasteiger partial charge < -0.3 is 15.8 Å². The molecule has 0 fully saturated rings. The topological polar surface area (TPSA) is 103 Å². The van der Waals surface area contributed by atoms with Crippen molar-refractivity contribution in [1.29, 1.82) is 0 Å². The third-order valence-electron chi connectivity index (χ3n) is 2.94. The number of ether oxygens (including phenoxy) is 1. The fourth-order valence-electron chi connectivity index (χ4n) is 1.83. The Hall–Kier alpha value is -2.57. The lowest BCUT2D eigenvalue weighted by molar-refractivity contribution is -0.384. The van der Waals surface area contributed by atoms with Crippen molar-refractivity contribution in [3.63, 3.8) is 0 Å². The largest absolute Gasteiger partial charge is 0.573 e. The lowest BCUT2D eigenvalue weighted by Gasteiger charge is -2.10. The molecule has 0 saturated heterocycles. The third kappa shape index (κ3) is 7.13. The van der Waals surface area contributed by atoms with Crippen LogP contribution in [0.3, 0.4) is 0 Å². The first kappa shape index (κ1) is 21.5. The number of non-ortho nitro benzene ring substituents is 1. The monoisotopic (exact) mass is 482 g/mol. The average molecular weight is 482 g/mol. The highest BCUT2D eigenvalue weighted by molar-refractivity contribution is 14.0. The maximum Gasteiger partial charge on any atom is 0.573 e. The molecule has 2 aromatic rings. The number of nitrogens with two attached hydrogens (primary N) is 1. The highest BCUT2D eigenvalue weighted by Gasteiger charge is 2.30. The Morgan fingerprint density at radius 3 is 2.23 bits per heavy atom. The van der Waals surface area contributed by atoms with E-state index in [0.29, 0.717) is 11.3 Å². The number of benzene rings is 2. The van der Waals surface area contributed by atoms with E-state index in [1.54, 1.807) is 12.1 Å². The Labute approximate surface area is 163 Å². The SMILES string of the molecule is I.NC(=NCc1ccc([N+](=O)[O-])cc1)Nc1ccc(OC(F)(F)F)cc1. The van der Waals surface area contributed by atoms with Gasteiger partial charge in [-0.3, -0.25) is 10.1 Å². The number of hydrogen-bond acceptors (Lipinski definition) is 4. The van der Waals surface area contributed by atoms with E-state index >= 15 is 0 Å². The van der Waals surface area contributed by atoms with Gasteiger partial charge in [0.2, 0.25) is 0 Å². The normalized spacial score (nSPS) is 11.4. The van der Waals surface area contributed by atoms with Gasteiger partial charge in [-0.05, 0) is 29.8 Å². The summed E-state index contributed by atoms with van der Waals surface area (Å²) in [5.74, 6) is -0.303. The van der Waals surface area contributed by atoms with Crippen LogP contribution in [0, 0.1) is 10.1 Å².